The second-order valence-electron chi connectivity index (χ2n) is 7.01. The molecule has 2 aromatic heterocycles. The lowest BCUT2D eigenvalue weighted by atomic mass is 10.1. The molecule has 0 bridgehead atoms. The van der Waals surface area contributed by atoms with Gasteiger partial charge < -0.3 is 9.80 Å². The van der Waals surface area contributed by atoms with Gasteiger partial charge in [0, 0.05) is 19.2 Å². The Hall–Kier alpha value is -2.54. The molecule has 1 atom stereocenters. The number of aryl methyl sites for hydroxylation is 1. The summed E-state index contributed by atoms with van der Waals surface area (Å²) in [5.41, 5.74) is 2.36. The van der Waals surface area contributed by atoms with E-state index in [4.69, 9.17) is 4.98 Å². The molecule has 1 aliphatic heterocycles. The predicted molar refractivity (Wildman–Crippen MR) is 98.6 cm³/mol. The summed E-state index contributed by atoms with van der Waals surface area (Å²) in [4.78, 5) is 33.4. The number of hydrogen-bond donors (Lipinski definition) is 0. The highest BCUT2D eigenvalue weighted by Crippen LogP contribution is 2.31. The van der Waals surface area contributed by atoms with Crippen LogP contribution in [-0.2, 0) is 17.9 Å². The number of hydrogen-bond acceptors (Lipinski definition) is 5. The maximum absolute atomic E-state index is 12.8. The number of aromatic nitrogens is 3. The van der Waals surface area contributed by atoms with Gasteiger partial charge in [-0.2, -0.15) is 5.10 Å². The van der Waals surface area contributed by atoms with Crippen LogP contribution in [0, 0.1) is 6.92 Å². The Labute approximate surface area is 153 Å². The van der Waals surface area contributed by atoms with Crippen molar-refractivity contribution in [3.63, 3.8) is 0 Å². The van der Waals surface area contributed by atoms with E-state index in [-0.39, 0.29) is 24.1 Å². The molecule has 7 heteroatoms. The van der Waals surface area contributed by atoms with Crippen LogP contribution in [0.25, 0.3) is 0 Å². The zero-order valence-electron chi connectivity index (χ0n) is 15.6. The van der Waals surface area contributed by atoms with E-state index in [1.165, 1.54) is 10.7 Å². The molecule has 0 aliphatic carbocycles. The molecule has 0 saturated carbocycles. The van der Waals surface area contributed by atoms with Crippen LogP contribution >= 0.6 is 0 Å². The fourth-order valence-corrected chi connectivity index (χ4v) is 3.35. The van der Waals surface area contributed by atoms with E-state index < -0.39 is 0 Å². The third-order valence-electron chi connectivity index (χ3n) is 4.51. The van der Waals surface area contributed by atoms with Gasteiger partial charge in [0.05, 0.1) is 23.1 Å². The molecular weight excluding hydrogens is 330 g/mol. The van der Waals surface area contributed by atoms with E-state index in [9.17, 15) is 9.59 Å². The average Bonchev–Trinajstić information content (AvgIpc) is 3.07. The summed E-state index contributed by atoms with van der Waals surface area (Å²) < 4.78 is 1.24. The number of likely N-dealkylation sites (tertiary alicyclic amines) is 1. The molecule has 0 radical (unpaired) electrons. The quantitative estimate of drug-likeness (QED) is 0.810. The second kappa shape index (κ2) is 7.78. The van der Waals surface area contributed by atoms with Crippen molar-refractivity contribution in [3.8, 4) is 0 Å². The van der Waals surface area contributed by atoms with Gasteiger partial charge in [0.1, 0.15) is 6.54 Å². The minimum atomic E-state index is -0.259. The van der Waals surface area contributed by atoms with Gasteiger partial charge in [0.25, 0.3) is 5.56 Å². The van der Waals surface area contributed by atoms with E-state index >= 15 is 0 Å². The third kappa shape index (κ3) is 4.16. The van der Waals surface area contributed by atoms with Gasteiger partial charge >= 0.3 is 0 Å². The zero-order valence-corrected chi connectivity index (χ0v) is 15.6. The molecule has 2 aromatic rings. The lowest BCUT2D eigenvalue weighted by Gasteiger charge is -2.25. The van der Waals surface area contributed by atoms with Crippen molar-refractivity contribution in [1.82, 2.24) is 24.6 Å². The van der Waals surface area contributed by atoms with Crippen molar-refractivity contribution in [2.75, 3.05) is 20.6 Å². The van der Waals surface area contributed by atoms with Crippen LogP contribution in [0.5, 0.6) is 0 Å². The summed E-state index contributed by atoms with van der Waals surface area (Å²) in [6.45, 7) is 3.22. The molecule has 0 N–H and O–H groups in total. The molecule has 1 unspecified atom stereocenters. The Kier molecular flexibility index (Phi) is 5.46. The molecule has 1 amide bonds. The number of carbonyl (C=O) groups is 1. The average molecular weight is 355 g/mol. The number of amides is 1. The zero-order chi connectivity index (χ0) is 18.7. The molecule has 1 aliphatic rings. The fraction of sp³-hybridized carbons (Fsp3) is 0.474. The van der Waals surface area contributed by atoms with Crippen LogP contribution in [0.4, 0.5) is 0 Å². The molecule has 3 heterocycles. The Bertz CT molecular complexity index is 846. The molecule has 0 aromatic carbocycles. The number of rotatable bonds is 5. The lowest BCUT2D eigenvalue weighted by molar-refractivity contribution is -0.133. The maximum Gasteiger partial charge on any atom is 0.267 e. The molecule has 138 valence electrons. The Morgan fingerprint density at radius 1 is 1.27 bits per heavy atom. The topological polar surface area (TPSA) is 71.3 Å². The first-order valence-corrected chi connectivity index (χ1v) is 8.89. The summed E-state index contributed by atoms with van der Waals surface area (Å²) in [7, 11) is 4.01. The minimum Gasteiger partial charge on any atom is -0.332 e. The van der Waals surface area contributed by atoms with E-state index in [1.54, 1.807) is 13.0 Å². The fourth-order valence-electron chi connectivity index (χ4n) is 3.35. The monoisotopic (exact) mass is 355 g/mol. The van der Waals surface area contributed by atoms with Crippen LogP contribution in [0.2, 0.25) is 0 Å². The van der Waals surface area contributed by atoms with Crippen LogP contribution in [-0.4, -0.2) is 51.1 Å². The Balaban J connectivity index is 1.78. The molecule has 26 heavy (non-hydrogen) atoms. The smallest absolute Gasteiger partial charge is 0.267 e. The Morgan fingerprint density at radius 3 is 2.85 bits per heavy atom. The summed E-state index contributed by atoms with van der Waals surface area (Å²) >= 11 is 0. The molecule has 0 spiro atoms. The van der Waals surface area contributed by atoms with Crippen LogP contribution in [0.15, 0.2) is 35.1 Å². The van der Waals surface area contributed by atoms with Crippen molar-refractivity contribution < 1.29 is 4.79 Å². The number of carbonyl (C=O) groups excluding carboxylic acids is 1. The van der Waals surface area contributed by atoms with Crippen molar-refractivity contribution in [3.05, 3.63) is 57.8 Å². The standard InChI is InChI=1S/C19H25N5O2/c1-14-9-10-18(25)24(21-14)13-19(26)23-11-5-8-17(23)16-7-4-6-15(20-16)12-22(2)3/h4,6-7,9-10,17H,5,8,11-13H2,1-3H3. The molecule has 3 rings (SSSR count). The SMILES string of the molecule is Cc1ccc(=O)n(CC(=O)N2CCCC2c2cccc(CN(C)C)n2)n1. The highest BCUT2D eigenvalue weighted by atomic mass is 16.2. The van der Waals surface area contributed by atoms with Gasteiger partial charge in [-0.3, -0.25) is 14.6 Å². The van der Waals surface area contributed by atoms with Crippen molar-refractivity contribution in [1.29, 1.82) is 0 Å². The molecule has 1 fully saturated rings. The first kappa shape index (κ1) is 18.3. The highest BCUT2D eigenvalue weighted by Gasteiger charge is 2.31. The van der Waals surface area contributed by atoms with Gasteiger partial charge in [-0.15, -0.1) is 0 Å². The van der Waals surface area contributed by atoms with E-state index in [0.29, 0.717) is 12.2 Å². The minimum absolute atomic E-state index is 0.0333. The van der Waals surface area contributed by atoms with E-state index in [1.807, 2.05) is 37.2 Å². The maximum atomic E-state index is 12.8. The summed E-state index contributed by atoms with van der Waals surface area (Å²) in [5.74, 6) is -0.0903. The van der Waals surface area contributed by atoms with Crippen molar-refractivity contribution in [2.24, 2.45) is 0 Å². The van der Waals surface area contributed by atoms with E-state index in [0.717, 1.165) is 30.8 Å². The summed E-state index contributed by atoms with van der Waals surface area (Å²) in [6, 6.07) is 9.04. The van der Waals surface area contributed by atoms with E-state index in [2.05, 4.69) is 10.00 Å². The third-order valence-corrected chi connectivity index (χ3v) is 4.51. The summed E-state index contributed by atoms with van der Waals surface area (Å²) in [5, 5.41) is 4.16. The Morgan fingerprint density at radius 2 is 2.08 bits per heavy atom. The van der Waals surface area contributed by atoms with Gasteiger partial charge in [-0.05, 0) is 52.1 Å². The predicted octanol–water partition coefficient (Wildman–Crippen LogP) is 1.37. The van der Waals surface area contributed by atoms with Gasteiger partial charge in [-0.25, -0.2) is 4.68 Å². The van der Waals surface area contributed by atoms with Crippen LogP contribution < -0.4 is 5.56 Å². The molecule has 7 nitrogen and oxygen atoms in total. The van der Waals surface area contributed by atoms with Crippen LogP contribution in [0.1, 0.15) is 36.0 Å². The summed E-state index contributed by atoms with van der Waals surface area (Å²) in [6.07, 6.45) is 1.83. The first-order valence-electron chi connectivity index (χ1n) is 8.89. The van der Waals surface area contributed by atoms with Crippen molar-refractivity contribution in [2.45, 2.75) is 38.9 Å². The van der Waals surface area contributed by atoms with Gasteiger partial charge in [-0.1, -0.05) is 6.07 Å². The largest absolute Gasteiger partial charge is 0.332 e. The first-order chi connectivity index (χ1) is 12.4. The van der Waals surface area contributed by atoms with Gasteiger partial charge in [0.2, 0.25) is 5.91 Å². The van der Waals surface area contributed by atoms with Crippen LogP contribution in [0.3, 0.4) is 0 Å². The van der Waals surface area contributed by atoms with Crippen molar-refractivity contribution >= 4 is 5.91 Å². The van der Waals surface area contributed by atoms with Gasteiger partial charge in [0.15, 0.2) is 0 Å². The molecular formula is C19H25N5O2. The lowest BCUT2D eigenvalue weighted by Crippen LogP contribution is -2.37. The number of nitrogens with zero attached hydrogens (tertiary/aromatic N) is 5. The number of pyridine rings is 1. The normalized spacial score (nSPS) is 17.1. The highest BCUT2D eigenvalue weighted by molar-refractivity contribution is 5.76. The second-order valence-corrected chi connectivity index (χ2v) is 7.01. The molecule has 1 saturated heterocycles.